The number of alkyl carbamates (subject to hydrolysis) is 1. The predicted octanol–water partition coefficient (Wildman–Crippen LogP) is 1.11. The van der Waals surface area contributed by atoms with Crippen molar-refractivity contribution < 1.29 is 22.7 Å². The molecule has 2 saturated heterocycles. The molecule has 8 nitrogen and oxygen atoms in total. The molecule has 0 aromatic heterocycles. The van der Waals surface area contributed by atoms with Crippen LogP contribution in [0.3, 0.4) is 0 Å². The zero-order valence-corrected chi connectivity index (χ0v) is 18.5. The summed E-state index contributed by atoms with van der Waals surface area (Å²) in [6, 6.07) is 0.0805. The Labute approximate surface area is 168 Å². The fourth-order valence-corrected chi connectivity index (χ4v) is 5.48. The third kappa shape index (κ3) is 6.62. The first-order valence-electron chi connectivity index (χ1n) is 10.1. The van der Waals surface area contributed by atoms with Crippen LogP contribution in [0.5, 0.6) is 0 Å². The molecule has 0 bridgehead atoms. The lowest BCUT2D eigenvalue weighted by Gasteiger charge is -2.39. The Balaban J connectivity index is 1.86. The van der Waals surface area contributed by atoms with E-state index in [1.54, 1.807) is 20.8 Å². The Morgan fingerprint density at radius 3 is 2.21 bits per heavy atom. The first-order chi connectivity index (χ1) is 12.9. The lowest BCUT2D eigenvalue weighted by Crippen LogP contribution is -2.54. The van der Waals surface area contributed by atoms with Crippen molar-refractivity contribution in [2.75, 3.05) is 44.2 Å². The number of piperazine rings is 1. The van der Waals surface area contributed by atoms with Gasteiger partial charge in [0.15, 0.2) is 9.84 Å². The summed E-state index contributed by atoms with van der Waals surface area (Å²) in [4.78, 5) is 28.9. The van der Waals surface area contributed by atoms with E-state index in [9.17, 15) is 18.0 Å². The molecule has 2 fully saturated rings. The first-order valence-corrected chi connectivity index (χ1v) is 11.9. The van der Waals surface area contributed by atoms with E-state index in [1.807, 2.05) is 18.7 Å². The first kappa shape index (κ1) is 22.9. The average molecular weight is 418 g/mol. The number of carbonyl (C=O) groups excluding carboxylic acids is 2. The second-order valence-electron chi connectivity index (χ2n) is 9.15. The van der Waals surface area contributed by atoms with Crippen LogP contribution in [-0.2, 0) is 19.4 Å². The zero-order chi connectivity index (χ0) is 21.1. The van der Waals surface area contributed by atoms with Crippen LogP contribution in [0.25, 0.3) is 0 Å². The minimum Gasteiger partial charge on any atom is -0.444 e. The molecular formula is C19H35N3O5S. The molecule has 28 heavy (non-hydrogen) atoms. The molecule has 2 amide bonds. The SMILES string of the molecule is CC(C)C(CNC(=O)OC(C)(C)C)C(=O)N1CCN(C2CCS(=O)(=O)C2)CC1. The lowest BCUT2D eigenvalue weighted by atomic mass is 9.94. The van der Waals surface area contributed by atoms with Gasteiger partial charge >= 0.3 is 6.09 Å². The standard InChI is InChI=1S/C19H35N3O5S/c1-14(2)16(12-20-18(24)27-19(3,4)5)17(23)22-9-7-21(8-10-22)15-6-11-28(25,26)13-15/h14-16H,6-13H2,1-5H3,(H,20,24). The maximum absolute atomic E-state index is 13.0. The van der Waals surface area contributed by atoms with Gasteiger partial charge in [-0.25, -0.2) is 13.2 Å². The lowest BCUT2D eigenvalue weighted by molar-refractivity contribution is -0.138. The highest BCUT2D eigenvalue weighted by molar-refractivity contribution is 7.91. The van der Waals surface area contributed by atoms with Gasteiger partial charge in [0, 0.05) is 38.8 Å². The molecule has 0 aliphatic carbocycles. The number of amides is 2. The van der Waals surface area contributed by atoms with Crippen molar-refractivity contribution >= 4 is 21.8 Å². The van der Waals surface area contributed by atoms with Crippen molar-refractivity contribution in [3.05, 3.63) is 0 Å². The second kappa shape index (κ2) is 8.98. The average Bonchev–Trinajstić information content (AvgIpc) is 2.93. The highest BCUT2D eigenvalue weighted by Gasteiger charge is 2.36. The summed E-state index contributed by atoms with van der Waals surface area (Å²) in [5, 5.41) is 2.72. The van der Waals surface area contributed by atoms with Crippen LogP contribution in [0.1, 0.15) is 41.0 Å². The van der Waals surface area contributed by atoms with Crippen LogP contribution in [0.15, 0.2) is 0 Å². The molecule has 2 unspecified atom stereocenters. The number of ether oxygens (including phenoxy) is 1. The highest BCUT2D eigenvalue weighted by Crippen LogP contribution is 2.21. The van der Waals surface area contributed by atoms with Crippen molar-refractivity contribution in [3.63, 3.8) is 0 Å². The van der Waals surface area contributed by atoms with E-state index < -0.39 is 21.5 Å². The molecule has 0 aromatic rings. The maximum Gasteiger partial charge on any atom is 0.407 e. The zero-order valence-electron chi connectivity index (χ0n) is 17.7. The van der Waals surface area contributed by atoms with E-state index in [1.165, 1.54) is 0 Å². The molecule has 162 valence electrons. The van der Waals surface area contributed by atoms with E-state index in [2.05, 4.69) is 10.2 Å². The third-order valence-corrected chi connectivity index (χ3v) is 7.09. The van der Waals surface area contributed by atoms with Crippen LogP contribution >= 0.6 is 0 Å². The summed E-state index contributed by atoms with van der Waals surface area (Å²) < 4.78 is 28.6. The molecule has 2 aliphatic rings. The molecule has 2 atom stereocenters. The fourth-order valence-electron chi connectivity index (χ4n) is 3.72. The Morgan fingerprint density at radius 2 is 1.75 bits per heavy atom. The number of nitrogens with one attached hydrogen (secondary N) is 1. The molecule has 1 N–H and O–H groups in total. The van der Waals surface area contributed by atoms with Gasteiger partial charge in [0.1, 0.15) is 5.60 Å². The summed E-state index contributed by atoms with van der Waals surface area (Å²) in [6.45, 7) is 12.1. The highest BCUT2D eigenvalue weighted by atomic mass is 32.2. The molecule has 2 aliphatic heterocycles. The van der Waals surface area contributed by atoms with Gasteiger partial charge in [0.05, 0.1) is 17.4 Å². The Morgan fingerprint density at radius 1 is 1.14 bits per heavy atom. The number of rotatable bonds is 5. The fraction of sp³-hybridized carbons (Fsp3) is 0.895. The maximum atomic E-state index is 13.0. The molecule has 0 radical (unpaired) electrons. The van der Waals surface area contributed by atoms with Crippen LogP contribution in [0.2, 0.25) is 0 Å². The van der Waals surface area contributed by atoms with E-state index in [0.717, 1.165) is 0 Å². The van der Waals surface area contributed by atoms with Gasteiger partial charge in [0.25, 0.3) is 0 Å². The summed E-state index contributed by atoms with van der Waals surface area (Å²) >= 11 is 0. The summed E-state index contributed by atoms with van der Waals surface area (Å²) in [5.41, 5.74) is -0.578. The quantitative estimate of drug-likeness (QED) is 0.720. The molecule has 9 heteroatoms. The number of sulfone groups is 1. The Kier molecular flexibility index (Phi) is 7.36. The van der Waals surface area contributed by atoms with Gasteiger partial charge in [-0.3, -0.25) is 9.69 Å². The Bertz CT molecular complexity index is 664. The van der Waals surface area contributed by atoms with E-state index in [0.29, 0.717) is 32.6 Å². The predicted molar refractivity (Wildman–Crippen MR) is 108 cm³/mol. The monoisotopic (exact) mass is 417 g/mol. The molecule has 0 spiro atoms. The normalized spacial score (nSPS) is 24.2. The largest absolute Gasteiger partial charge is 0.444 e. The molecule has 0 aromatic carbocycles. The summed E-state index contributed by atoms with van der Waals surface area (Å²) in [5.74, 6) is 0.300. The topological polar surface area (TPSA) is 96.0 Å². The van der Waals surface area contributed by atoms with E-state index in [-0.39, 0.29) is 41.8 Å². The molecule has 2 heterocycles. The Hall–Kier alpha value is -1.35. The van der Waals surface area contributed by atoms with Crippen molar-refractivity contribution in [2.24, 2.45) is 11.8 Å². The number of carbonyl (C=O) groups is 2. The van der Waals surface area contributed by atoms with E-state index >= 15 is 0 Å². The van der Waals surface area contributed by atoms with Gasteiger partial charge in [-0.15, -0.1) is 0 Å². The summed E-state index contributed by atoms with van der Waals surface area (Å²) in [6.07, 6.45) is 0.170. The van der Waals surface area contributed by atoms with Crippen LogP contribution in [0, 0.1) is 11.8 Å². The van der Waals surface area contributed by atoms with Crippen LogP contribution in [-0.4, -0.2) is 86.1 Å². The van der Waals surface area contributed by atoms with Crippen LogP contribution < -0.4 is 5.32 Å². The van der Waals surface area contributed by atoms with Gasteiger partial charge in [-0.2, -0.15) is 0 Å². The molecular weight excluding hydrogens is 382 g/mol. The molecule has 2 rings (SSSR count). The number of hydrogen-bond acceptors (Lipinski definition) is 6. The summed E-state index contributed by atoms with van der Waals surface area (Å²) in [7, 11) is -2.90. The number of hydrogen-bond donors (Lipinski definition) is 1. The van der Waals surface area contributed by atoms with Crippen molar-refractivity contribution in [2.45, 2.75) is 52.7 Å². The van der Waals surface area contributed by atoms with Crippen LogP contribution in [0.4, 0.5) is 4.79 Å². The smallest absolute Gasteiger partial charge is 0.407 e. The third-order valence-electron chi connectivity index (χ3n) is 5.34. The van der Waals surface area contributed by atoms with Crippen molar-refractivity contribution in [3.8, 4) is 0 Å². The van der Waals surface area contributed by atoms with Crippen molar-refractivity contribution in [1.29, 1.82) is 0 Å². The molecule has 0 saturated carbocycles. The minimum atomic E-state index is -2.90. The van der Waals surface area contributed by atoms with Gasteiger partial charge < -0.3 is 15.0 Å². The van der Waals surface area contributed by atoms with Gasteiger partial charge in [-0.05, 0) is 33.1 Å². The number of nitrogens with zero attached hydrogens (tertiary/aromatic N) is 2. The second-order valence-corrected chi connectivity index (χ2v) is 11.4. The minimum absolute atomic E-state index is 0.0322. The van der Waals surface area contributed by atoms with Gasteiger partial charge in [-0.1, -0.05) is 13.8 Å². The van der Waals surface area contributed by atoms with E-state index in [4.69, 9.17) is 4.74 Å². The van der Waals surface area contributed by atoms with Crippen molar-refractivity contribution in [1.82, 2.24) is 15.1 Å². The van der Waals surface area contributed by atoms with Gasteiger partial charge in [0.2, 0.25) is 5.91 Å².